The molecule has 0 radical (unpaired) electrons. The number of fused-ring (bicyclic) bond motifs is 1. The molecule has 0 spiro atoms. The van der Waals surface area contributed by atoms with Crippen molar-refractivity contribution in [3.63, 3.8) is 0 Å². The van der Waals surface area contributed by atoms with Gasteiger partial charge in [0.1, 0.15) is 5.60 Å². The maximum absolute atomic E-state index is 13.1. The lowest BCUT2D eigenvalue weighted by Crippen LogP contribution is -2.52. The van der Waals surface area contributed by atoms with E-state index >= 15 is 0 Å². The zero-order chi connectivity index (χ0) is 20.0. The highest BCUT2D eigenvalue weighted by Gasteiger charge is 2.46. The minimum atomic E-state index is -0.643. The fraction of sp³-hybridized carbons (Fsp3) is 0.875. The van der Waals surface area contributed by atoms with Crippen molar-refractivity contribution >= 4 is 5.91 Å². The van der Waals surface area contributed by atoms with Gasteiger partial charge in [-0.3, -0.25) is 4.79 Å². The van der Waals surface area contributed by atoms with Crippen molar-refractivity contribution in [2.75, 3.05) is 26.2 Å². The summed E-state index contributed by atoms with van der Waals surface area (Å²) in [5, 5.41) is 14.3. The predicted molar refractivity (Wildman–Crippen MR) is 114 cm³/mol. The molecular weight excluding hydrogens is 362 g/mol. The molecule has 5 aliphatic rings. The van der Waals surface area contributed by atoms with Crippen molar-refractivity contribution in [2.24, 2.45) is 17.8 Å². The summed E-state index contributed by atoms with van der Waals surface area (Å²) < 4.78 is 0. The number of piperidine rings is 1. The molecule has 0 bridgehead atoms. The Morgan fingerprint density at radius 3 is 2.10 bits per heavy atom. The van der Waals surface area contributed by atoms with Crippen LogP contribution in [0.5, 0.6) is 0 Å². The fourth-order valence-electron chi connectivity index (χ4n) is 6.65. The van der Waals surface area contributed by atoms with Gasteiger partial charge in [-0.2, -0.15) is 0 Å². The van der Waals surface area contributed by atoms with Gasteiger partial charge in [-0.15, -0.1) is 0 Å². The molecule has 2 heterocycles. The maximum atomic E-state index is 13.1. The Bertz CT molecular complexity index is 630. The maximum Gasteiger partial charge on any atom is 0.225 e. The average molecular weight is 402 g/mol. The minimum Gasteiger partial charge on any atom is -0.384 e. The SMILES string of the molecule is C=C(N1CCN(C(=O)C2CCC(C3CCC4CCCC4N3)CC2)CC1)C1(O)CC1. The van der Waals surface area contributed by atoms with Gasteiger partial charge in [-0.05, 0) is 76.0 Å². The van der Waals surface area contributed by atoms with Gasteiger partial charge in [0.15, 0.2) is 0 Å². The lowest BCUT2D eigenvalue weighted by Gasteiger charge is -2.42. The average Bonchev–Trinajstić information content (AvgIpc) is 3.34. The second kappa shape index (κ2) is 7.88. The van der Waals surface area contributed by atoms with Crippen LogP contribution in [-0.4, -0.2) is 64.7 Å². The Morgan fingerprint density at radius 2 is 1.41 bits per heavy atom. The zero-order valence-electron chi connectivity index (χ0n) is 18.0. The minimum absolute atomic E-state index is 0.233. The van der Waals surface area contributed by atoms with Gasteiger partial charge in [0.25, 0.3) is 0 Å². The predicted octanol–water partition coefficient (Wildman–Crippen LogP) is 2.90. The number of hydrogen-bond donors (Lipinski definition) is 2. The molecular formula is C24H39N3O2. The second-order valence-corrected chi connectivity index (χ2v) is 10.6. The molecule has 0 aromatic rings. The summed E-state index contributed by atoms with van der Waals surface area (Å²) in [5.41, 5.74) is 0.227. The zero-order valence-corrected chi connectivity index (χ0v) is 18.0. The number of hydrogen-bond acceptors (Lipinski definition) is 4. The first-order valence-corrected chi connectivity index (χ1v) is 12.2. The molecule has 3 atom stereocenters. The Kier molecular flexibility index (Phi) is 5.40. The lowest BCUT2D eigenvalue weighted by atomic mass is 9.74. The van der Waals surface area contributed by atoms with Crippen LogP contribution < -0.4 is 5.32 Å². The van der Waals surface area contributed by atoms with Gasteiger partial charge in [-0.1, -0.05) is 13.0 Å². The highest BCUT2D eigenvalue weighted by Crippen LogP contribution is 2.43. The molecule has 2 saturated heterocycles. The highest BCUT2D eigenvalue weighted by molar-refractivity contribution is 5.79. The van der Waals surface area contributed by atoms with Gasteiger partial charge in [0, 0.05) is 49.9 Å². The molecule has 5 nitrogen and oxygen atoms in total. The molecule has 5 fully saturated rings. The lowest BCUT2D eigenvalue weighted by molar-refractivity contribution is -0.138. The molecule has 0 aromatic carbocycles. The third-order valence-electron chi connectivity index (χ3n) is 8.86. The fourth-order valence-corrected chi connectivity index (χ4v) is 6.65. The normalized spacial score (nSPS) is 39.1. The molecule has 2 N–H and O–H groups in total. The van der Waals surface area contributed by atoms with Crippen LogP contribution in [0.4, 0.5) is 0 Å². The molecule has 5 heteroatoms. The number of piperazine rings is 1. The van der Waals surface area contributed by atoms with Gasteiger partial charge in [-0.25, -0.2) is 0 Å². The number of amides is 1. The van der Waals surface area contributed by atoms with E-state index in [1.807, 2.05) is 0 Å². The van der Waals surface area contributed by atoms with E-state index < -0.39 is 5.60 Å². The molecule has 5 rings (SSSR count). The van der Waals surface area contributed by atoms with Gasteiger partial charge < -0.3 is 20.2 Å². The highest BCUT2D eigenvalue weighted by atomic mass is 16.3. The summed E-state index contributed by atoms with van der Waals surface area (Å²) in [6.45, 7) is 7.30. The third kappa shape index (κ3) is 3.97. The second-order valence-electron chi connectivity index (χ2n) is 10.6. The molecule has 162 valence electrons. The van der Waals surface area contributed by atoms with Gasteiger partial charge in [0.2, 0.25) is 5.91 Å². The van der Waals surface area contributed by atoms with E-state index in [0.717, 1.165) is 75.4 Å². The van der Waals surface area contributed by atoms with Crippen LogP contribution in [-0.2, 0) is 4.79 Å². The first-order chi connectivity index (χ1) is 14.0. The standard InChI is InChI=1S/C24H39N3O2/c1-17(24(29)11-12-24)26-13-15-27(16-14-26)23(28)20-7-5-19(6-8-20)22-10-9-18-3-2-4-21(18)25-22/h18-22,25,29H,1-16H2. The summed E-state index contributed by atoms with van der Waals surface area (Å²) in [4.78, 5) is 17.4. The summed E-state index contributed by atoms with van der Waals surface area (Å²) in [6, 6.07) is 1.49. The smallest absolute Gasteiger partial charge is 0.225 e. The quantitative estimate of drug-likeness (QED) is 0.761. The largest absolute Gasteiger partial charge is 0.384 e. The van der Waals surface area contributed by atoms with E-state index in [2.05, 4.69) is 21.7 Å². The van der Waals surface area contributed by atoms with E-state index in [-0.39, 0.29) is 5.92 Å². The van der Waals surface area contributed by atoms with Crippen LogP contribution in [0.2, 0.25) is 0 Å². The summed E-state index contributed by atoms with van der Waals surface area (Å²) in [6.07, 6.45) is 13.3. The first kappa shape index (κ1) is 19.9. The van der Waals surface area contributed by atoms with Gasteiger partial charge in [0.05, 0.1) is 0 Å². The molecule has 1 amide bonds. The Hall–Kier alpha value is -1.07. The van der Waals surface area contributed by atoms with Crippen LogP contribution >= 0.6 is 0 Å². The number of aliphatic hydroxyl groups is 1. The molecule has 3 saturated carbocycles. The number of nitrogens with one attached hydrogen (secondary N) is 1. The van der Waals surface area contributed by atoms with E-state index in [0.29, 0.717) is 11.9 Å². The first-order valence-electron chi connectivity index (χ1n) is 12.2. The molecule has 0 aromatic heterocycles. The van der Waals surface area contributed by atoms with Crippen molar-refractivity contribution in [1.82, 2.24) is 15.1 Å². The van der Waals surface area contributed by atoms with Crippen molar-refractivity contribution < 1.29 is 9.90 Å². The molecule has 2 aliphatic heterocycles. The molecule has 3 aliphatic carbocycles. The van der Waals surface area contributed by atoms with E-state index in [4.69, 9.17) is 0 Å². The van der Waals surface area contributed by atoms with Crippen molar-refractivity contribution in [2.45, 2.75) is 88.3 Å². The molecule has 29 heavy (non-hydrogen) atoms. The number of carbonyl (C=O) groups excluding carboxylic acids is 1. The van der Waals surface area contributed by atoms with Crippen LogP contribution in [0.25, 0.3) is 0 Å². The number of carbonyl (C=O) groups is 1. The van der Waals surface area contributed by atoms with E-state index in [1.54, 1.807) is 0 Å². The number of nitrogens with zero attached hydrogens (tertiary/aromatic N) is 2. The van der Waals surface area contributed by atoms with Gasteiger partial charge >= 0.3 is 0 Å². The monoisotopic (exact) mass is 401 g/mol. The Morgan fingerprint density at radius 1 is 0.828 bits per heavy atom. The van der Waals surface area contributed by atoms with Crippen molar-refractivity contribution in [3.05, 3.63) is 12.3 Å². The van der Waals surface area contributed by atoms with E-state index in [9.17, 15) is 9.90 Å². The summed E-state index contributed by atoms with van der Waals surface area (Å²) >= 11 is 0. The van der Waals surface area contributed by atoms with Crippen LogP contribution in [0.1, 0.15) is 70.6 Å². The Labute approximate surface area is 175 Å². The van der Waals surface area contributed by atoms with Crippen molar-refractivity contribution in [1.29, 1.82) is 0 Å². The third-order valence-corrected chi connectivity index (χ3v) is 8.86. The van der Waals surface area contributed by atoms with Crippen molar-refractivity contribution in [3.8, 4) is 0 Å². The van der Waals surface area contributed by atoms with Crippen LogP contribution in [0.3, 0.4) is 0 Å². The summed E-state index contributed by atoms with van der Waals surface area (Å²) in [5.74, 6) is 2.34. The summed E-state index contributed by atoms with van der Waals surface area (Å²) in [7, 11) is 0. The van der Waals surface area contributed by atoms with Crippen LogP contribution in [0.15, 0.2) is 12.3 Å². The molecule has 3 unspecified atom stereocenters. The number of rotatable bonds is 4. The topological polar surface area (TPSA) is 55.8 Å². The van der Waals surface area contributed by atoms with Crippen LogP contribution in [0, 0.1) is 17.8 Å². The Balaban J connectivity index is 1.07. The van der Waals surface area contributed by atoms with E-state index in [1.165, 1.54) is 44.9 Å².